The molecule has 0 aliphatic carbocycles. The van der Waals surface area contributed by atoms with Gasteiger partial charge in [0.1, 0.15) is 6.04 Å². The number of rotatable bonds is 4. The fraction of sp³-hybridized carbons (Fsp3) is 0.227. The van der Waals surface area contributed by atoms with Crippen molar-refractivity contribution in [3.63, 3.8) is 0 Å². The summed E-state index contributed by atoms with van der Waals surface area (Å²) in [6.07, 6.45) is 0.570. The summed E-state index contributed by atoms with van der Waals surface area (Å²) < 4.78 is 5.27. The zero-order valence-electron chi connectivity index (χ0n) is 15.8. The maximum absolute atomic E-state index is 12.7. The molecule has 1 unspecified atom stereocenters. The number of carbonyl (C=O) groups is 3. The second kappa shape index (κ2) is 7.72. The molecule has 148 valence electrons. The number of ketones is 1. The first kappa shape index (κ1) is 19.2. The Balaban J connectivity index is 1.84. The van der Waals surface area contributed by atoms with Gasteiger partial charge in [-0.15, -0.1) is 0 Å². The molecule has 0 fully saturated rings. The van der Waals surface area contributed by atoms with Gasteiger partial charge in [0, 0.05) is 33.7 Å². The van der Waals surface area contributed by atoms with Gasteiger partial charge in [0.2, 0.25) is 5.78 Å². The topological polar surface area (TPSA) is 79.5 Å². The second-order valence-electron chi connectivity index (χ2n) is 6.86. The van der Waals surface area contributed by atoms with Gasteiger partial charge >= 0.3 is 6.09 Å². The first-order valence-electron chi connectivity index (χ1n) is 9.36. The van der Waals surface area contributed by atoms with Gasteiger partial charge < -0.3 is 9.72 Å². The number of aldehydes is 1. The molecule has 6 nitrogen and oxygen atoms in total. The smallest absolute Gasteiger partial charge is 0.410 e. The van der Waals surface area contributed by atoms with E-state index in [9.17, 15) is 14.4 Å². The van der Waals surface area contributed by atoms with Crippen molar-refractivity contribution in [2.75, 3.05) is 13.2 Å². The Morgan fingerprint density at radius 2 is 2.00 bits per heavy atom. The van der Waals surface area contributed by atoms with Crippen LogP contribution in [0.5, 0.6) is 0 Å². The fourth-order valence-electron chi connectivity index (χ4n) is 3.91. The second-order valence-corrected chi connectivity index (χ2v) is 7.29. The number of ether oxygens (including phenoxy) is 1. The number of amides is 1. The highest BCUT2D eigenvalue weighted by Crippen LogP contribution is 2.39. The lowest BCUT2D eigenvalue weighted by molar-refractivity contribution is -0.104. The number of aromatic amines is 1. The fourth-order valence-corrected chi connectivity index (χ4v) is 4.08. The number of carbonyl (C=O) groups excluding carboxylic acids is 3. The van der Waals surface area contributed by atoms with E-state index >= 15 is 0 Å². The van der Waals surface area contributed by atoms with Crippen molar-refractivity contribution in [1.82, 2.24) is 9.88 Å². The third kappa shape index (κ3) is 3.40. The number of nitrogens with zero attached hydrogens (tertiary/aromatic N) is 1. The summed E-state index contributed by atoms with van der Waals surface area (Å²) >= 11 is 6.19. The molecular formula is C22H19ClN2O4. The number of nitrogens with one attached hydrogen (secondary N) is 1. The third-order valence-corrected chi connectivity index (χ3v) is 5.44. The van der Waals surface area contributed by atoms with Gasteiger partial charge in [0.05, 0.1) is 6.61 Å². The highest BCUT2D eigenvalue weighted by atomic mass is 35.5. The van der Waals surface area contributed by atoms with Gasteiger partial charge in [-0.05, 0) is 42.7 Å². The monoisotopic (exact) mass is 410 g/mol. The molecule has 29 heavy (non-hydrogen) atoms. The lowest BCUT2D eigenvalue weighted by Crippen LogP contribution is -2.41. The number of aromatic nitrogens is 1. The largest absolute Gasteiger partial charge is 0.450 e. The number of benzene rings is 2. The van der Waals surface area contributed by atoms with Crippen LogP contribution in [-0.2, 0) is 16.0 Å². The highest BCUT2D eigenvalue weighted by molar-refractivity contribution is 6.33. The summed E-state index contributed by atoms with van der Waals surface area (Å²) in [5.41, 5.74) is 4.09. The maximum Gasteiger partial charge on any atom is 0.410 e. The minimum atomic E-state index is -0.580. The molecule has 2 aromatic carbocycles. The minimum absolute atomic E-state index is 0.282. The average molecular weight is 411 g/mol. The predicted octanol–water partition coefficient (Wildman–Crippen LogP) is 4.31. The van der Waals surface area contributed by atoms with Crippen LogP contribution in [0.2, 0.25) is 5.02 Å². The van der Waals surface area contributed by atoms with E-state index in [1.807, 2.05) is 18.2 Å². The molecule has 0 bridgehead atoms. The standard InChI is InChI=1S/C22H19ClN2O4/c1-2-29-22(28)25-10-9-16-17-11-15(23)7-8-18(17)24-20(16)21(25)14-5-3-13(4-6-14)19(27)12-26/h3-8,11-12,21,24H,2,9-10H2,1H3. The lowest BCUT2D eigenvalue weighted by Gasteiger charge is -2.35. The van der Waals surface area contributed by atoms with Crippen LogP contribution >= 0.6 is 11.6 Å². The van der Waals surface area contributed by atoms with E-state index in [2.05, 4.69) is 4.98 Å². The third-order valence-electron chi connectivity index (χ3n) is 5.21. The summed E-state index contributed by atoms with van der Waals surface area (Å²) in [7, 11) is 0. The van der Waals surface area contributed by atoms with Gasteiger partial charge in [-0.1, -0.05) is 35.9 Å². The first-order valence-corrected chi connectivity index (χ1v) is 9.74. The Morgan fingerprint density at radius 1 is 1.24 bits per heavy atom. The van der Waals surface area contributed by atoms with Crippen molar-refractivity contribution in [2.24, 2.45) is 0 Å². The summed E-state index contributed by atoms with van der Waals surface area (Å²) in [6.45, 7) is 2.54. The molecule has 1 aliphatic heterocycles. The lowest BCUT2D eigenvalue weighted by atomic mass is 9.92. The van der Waals surface area contributed by atoms with Crippen LogP contribution in [0, 0.1) is 0 Å². The first-order chi connectivity index (χ1) is 14.0. The summed E-state index contributed by atoms with van der Waals surface area (Å²) in [6, 6.07) is 12.0. The molecule has 1 amide bonds. The Hall–Kier alpha value is -3.12. The normalized spacial score (nSPS) is 15.8. The zero-order chi connectivity index (χ0) is 20.5. The van der Waals surface area contributed by atoms with Crippen LogP contribution in [0.15, 0.2) is 42.5 Å². The Morgan fingerprint density at radius 3 is 2.69 bits per heavy atom. The molecule has 1 aliphatic rings. The molecule has 0 saturated carbocycles. The van der Waals surface area contributed by atoms with Crippen molar-refractivity contribution < 1.29 is 19.1 Å². The summed E-state index contributed by atoms with van der Waals surface area (Å²) in [5, 5.41) is 1.69. The molecule has 3 aromatic rings. The van der Waals surface area contributed by atoms with Crippen LogP contribution in [0.25, 0.3) is 10.9 Å². The number of hydrogen-bond acceptors (Lipinski definition) is 4. The molecule has 1 atom stereocenters. The number of halogens is 1. The van der Waals surface area contributed by atoms with Crippen molar-refractivity contribution >= 4 is 40.7 Å². The van der Waals surface area contributed by atoms with Crippen LogP contribution in [0.3, 0.4) is 0 Å². The van der Waals surface area contributed by atoms with E-state index in [1.165, 1.54) is 0 Å². The van der Waals surface area contributed by atoms with Gasteiger partial charge in [-0.3, -0.25) is 14.5 Å². The number of hydrogen-bond donors (Lipinski definition) is 1. The van der Waals surface area contributed by atoms with E-state index in [1.54, 1.807) is 36.1 Å². The molecule has 1 aromatic heterocycles. The van der Waals surface area contributed by atoms with Gasteiger partial charge in [0.25, 0.3) is 0 Å². The highest BCUT2D eigenvalue weighted by Gasteiger charge is 2.35. The minimum Gasteiger partial charge on any atom is -0.450 e. The van der Waals surface area contributed by atoms with E-state index in [0.717, 1.165) is 27.7 Å². The Kier molecular flexibility index (Phi) is 5.11. The van der Waals surface area contributed by atoms with E-state index in [0.29, 0.717) is 29.8 Å². The molecule has 0 radical (unpaired) electrons. The van der Waals surface area contributed by atoms with Crippen molar-refractivity contribution in [3.05, 3.63) is 69.9 Å². The molecular weight excluding hydrogens is 392 g/mol. The molecule has 0 spiro atoms. The van der Waals surface area contributed by atoms with E-state index < -0.39 is 17.9 Å². The summed E-state index contributed by atoms with van der Waals surface area (Å²) in [4.78, 5) is 40.2. The molecule has 0 saturated heterocycles. The van der Waals surface area contributed by atoms with Gasteiger partial charge in [-0.2, -0.15) is 0 Å². The van der Waals surface area contributed by atoms with Crippen molar-refractivity contribution in [2.45, 2.75) is 19.4 Å². The quantitative estimate of drug-likeness (QED) is 0.395. The van der Waals surface area contributed by atoms with E-state index in [4.69, 9.17) is 16.3 Å². The van der Waals surface area contributed by atoms with Crippen LogP contribution in [0.4, 0.5) is 4.79 Å². The van der Waals surface area contributed by atoms with Crippen LogP contribution in [0.1, 0.15) is 40.1 Å². The molecule has 4 rings (SSSR count). The Bertz CT molecular complexity index is 1100. The number of Topliss-reactive ketones (excluding diaryl/α,β-unsaturated/α-hetero) is 1. The maximum atomic E-state index is 12.7. The number of fused-ring (bicyclic) bond motifs is 3. The van der Waals surface area contributed by atoms with Crippen molar-refractivity contribution in [3.8, 4) is 0 Å². The molecule has 2 heterocycles. The SMILES string of the molecule is CCOC(=O)N1CCc2c([nH]c3ccc(Cl)cc23)C1c1ccc(C(=O)C=O)cc1. The van der Waals surface area contributed by atoms with Gasteiger partial charge in [-0.25, -0.2) is 4.79 Å². The average Bonchev–Trinajstić information content (AvgIpc) is 3.10. The zero-order valence-corrected chi connectivity index (χ0v) is 16.5. The van der Waals surface area contributed by atoms with Crippen LogP contribution < -0.4 is 0 Å². The van der Waals surface area contributed by atoms with Gasteiger partial charge in [0.15, 0.2) is 6.29 Å². The van der Waals surface area contributed by atoms with Crippen LogP contribution in [-0.4, -0.2) is 41.2 Å². The van der Waals surface area contributed by atoms with E-state index in [-0.39, 0.29) is 6.61 Å². The Labute approximate surface area is 172 Å². The van der Waals surface area contributed by atoms with Crippen molar-refractivity contribution in [1.29, 1.82) is 0 Å². The summed E-state index contributed by atoms with van der Waals surface area (Å²) in [5.74, 6) is -0.580. The number of H-pyrrole nitrogens is 1. The molecule has 1 N–H and O–H groups in total. The molecule has 7 heteroatoms. The predicted molar refractivity (Wildman–Crippen MR) is 109 cm³/mol.